The molecule has 0 spiro atoms. The van der Waals surface area contributed by atoms with Crippen LogP contribution in [0.25, 0.3) is 11.3 Å². The molecule has 0 unspecified atom stereocenters. The normalized spacial score (nSPS) is 18.9. The predicted molar refractivity (Wildman–Crippen MR) is 134 cm³/mol. The average molecular weight is 490 g/mol. The lowest BCUT2D eigenvalue weighted by atomic mass is 10.0. The molecule has 2 atom stereocenters. The molecule has 0 radical (unpaired) electrons. The van der Waals surface area contributed by atoms with E-state index in [1.165, 1.54) is 0 Å². The van der Waals surface area contributed by atoms with Crippen LogP contribution in [0.4, 0.5) is 5.69 Å². The number of fused-ring (bicyclic) bond motifs is 1. The van der Waals surface area contributed by atoms with Crippen molar-refractivity contribution >= 4 is 34.6 Å². The summed E-state index contributed by atoms with van der Waals surface area (Å²) < 4.78 is 17.6. The standard InChI is InChI=1S/C26H20ClN3O3S/c1-15-5-6-16(27)12-18(15)20-9-10-22(33-20)25-24(19-4-2-3-11-28-19)29-26(34)30(25)17-7-8-21-23(13-17)32-14-31-21/h2-13,24-25H,14H2,1H3,(H,29,34)/t24-,25-/m1/s1. The second-order valence-corrected chi connectivity index (χ2v) is 9.02. The van der Waals surface area contributed by atoms with Crippen molar-refractivity contribution in [3.63, 3.8) is 0 Å². The molecule has 0 saturated carbocycles. The van der Waals surface area contributed by atoms with E-state index in [9.17, 15) is 0 Å². The highest BCUT2D eigenvalue weighted by Crippen LogP contribution is 2.45. The number of rotatable bonds is 4. The minimum absolute atomic E-state index is 0.210. The Balaban J connectivity index is 1.46. The molecule has 2 aliphatic rings. The molecule has 4 aromatic rings. The highest BCUT2D eigenvalue weighted by Gasteiger charge is 2.43. The van der Waals surface area contributed by atoms with Crippen LogP contribution in [0.5, 0.6) is 11.5 Å². The van der Waals surface area contributed by atoms with Crippen molar-refractivity contribution in [2.24, 2.45) is 0 Å². The molecule has 2 aliphatic heterocycles. The number of hydrogen-bond acceptors (Lipinski definition) is 5. The van der Waals surface area contributed by atoms with Gasteiger partial charge in [0.2, 0.25) is 6.79 Å². The second-order valence-electron chi connectivity index (χ2n) is 8.20. The zero-order valence-corrected chi connectivity index (χ0v) is 19.8. The van der Waals surface area contributed by atoms with Gasteiger partial charge in [0, 0.05) is 28.5 Å². The first-order valence-electron chi connectivity index (χ1n) is 10.8. The summed E-state index contributed by atoms with van der Waals surface area (Å²) in [6, 6.07) is 20.9. The van der Waals surface area contributed by atoms with Crippen molar-refractivity contribution in [3.05, 3.63) is 95.0 Å². The number of hydrogen-bond donors (Lipinski definition) is 1. The van der Waals surface area contributed by atoms with Crippen LogP contribution in [0.1, 0.15) is 29.1 Å². The topological polar surface area (TPSA) is 59.8 Å². The summed E-state index contributed by atoms with van der Waals surface area (Å²) >= 11 is 12.1. The molecule has 0 aliphatic carbocycles. The molecule has 6 nitrogen and oxygen atoms in total. The maximum absolute atomic E-state index is 6.45. The SMILES string of the molecule is Cc1ccc(Cl)cc1-c1ccc([C@@H]2[C@@H](c3ccccn3)NC(=S)N2c2ccc3c(c2)OCO3)o1. The van der Waals surface area contributed by atoms with Gasteiger partial charge < -0.3 is 24.1 Å². The van der Waals surface area contributed by atoms with Gasteiger partial charge in [0.05, 0.1) is 11.7 Å². The molecule has 4 heterocycles. The first kappa shape index (κ1) is 21.0. The fourth-order valence-electron chi connectivity index (χ4n) is 4.47. The lowest BCUT2D eigenvalue weighted by Gasteiger charge is -2.26. The fraction of sp³-hybridized carbons (Fsp3) is 0.154. The van der Waals surface area contributed by atoms with Crippen molar-refractivity contribution in [2.75, 3.05) is 11.7 Å². The number of aromatic nitrogens is 1. The van der Waals surface area contributed by atoms with Crippen LogP contribution in [0.3, 0.4) is 0 Å². The molecule has 1 N–H and O–H groups in total. The molecule has 170 valence electrons. The van der Waals surface area contributed by atoms with E-state index in [4.69, 9.17) is 37.7 Å². The van der Waals surface area contributed by atoms with E-state index in [1.807, 2.05) is 78.6 Å². The number of thiocarbonyl (C=S) groups is 1. The molecule has 2 aromatic carbocycles. The molecule has 8 heteroatoms. The lowest BCUT2D eigenvalue weighted by molar-refractivity contribution is 0.174. The largest absolute Gasteiger partial charge is 0.459 e. The molecule has 0 bridgehead atoms. The van der Waals surface area contributed by atoms with Crippen LogP contribution in [0.2, 0.25) is 5.02 Å². The third-order valence-electron chi connectivity index (χ3n) is 6.12. The number of ether oxygens (including phenoxy) is 2. The molecule has 6 rings (SSSR count). The number of pyridine rings is 1. The average Bonchev–Trinajstić information content (AvgIpc) is 3.59. The molecule has 2 aromatic heterocycles. The van der Waals surface area contributed by atoms with Gasteiger partial charge in [-0.2, -0.15) is 0 Å². The van der Waals surface area contributed by atoms with Crippen LogP contribution >= 0.6 is 23.8 Å². The van der Waals surface area contributed by atoms with E-state index in [-0.39, 0.29) is 18.9 Å². The predicted octanol–water partition coefficient (Wildman–Crippen LogP) is 6.21. The van der Waals surface area contributed by atoms with E-state index < -0.39 is 0 Å². The maximum atomic E-state index is 6.45. The van der Waals surface area contributed by atoms with Gasteiger partial charge in [-0.1, -0.05) is 23.7 Å². The van der Waals surface area contributed by atoms with Gasteiger partial charge in [-0.05, 0) is 73.2 Å². The van der Waals surface area contributed by atoms with Crippen LogP contribution in [0.15, 0.2) is 77.3 Å². The van der Waals surface area contributed by atoms with Crippen LogP contribution in [-0.4, -0.2) is 16.9 Å². The Hall–Kier alpha value is -3.55. The third kappa shape index (κ3) is 3.57. The number of nitrogens with one attached hydrogen (secondary N) is 1. The van der Waals surface area contributed by atoms with Gasteiger partial charge in [0.25, 0.3) is 0 Å². The van der Waals surface area contributed by atoms with E-state index >= 15 is 0 Å². The number of benzene rings is 2. The van der Waals surface area contributed by atoms with Gasteiger partial charge in [-0.25, -0.2) is 0 Å². The van der Waals surface area contributed by atoms with Crippen molar-refractivity contribution in [2.45, 2.75) is 19.0 Å². The quantitative estimate of drug-likeness (QED) is 0.342. The first-order chi connectivity index (χ1) is 16.6. The van der Waals surface area contributed by atoms with Crippen molar-refractivity contribution in [3.8, 4) is 22.8 Å². The lowest BCUT2D eigenvalue weighted by Crippen LogP contribution is -2.29. The summed E-state index contributed by atoms with van der Waals surface area (Å²) in [5.41, 5.74) is 3.78. The number of anilines is 1. The Morgan fingerprint density at radius 1 is 1.03 bits per heavy atom. The Kier molecular flexibility index (Phi) is 5.16. The van der Waals surface area contributed by atoms with Crippen LogP contribution in [0, 0.1) is 6.92 Å². The minimum atomic E-state index is -0.268. The van der Waals surface area contributed by atoms with Gasteiger partial charge in [-0.3, -0.25) is 4.98 Å². The van der Waals surface area contributed by atoms with E-state index in [0.29, 0.717) is 15.9 Å². The van der Waals surface area contributed by atoms with E-state index in [0.717, 1.165) is 39.8 Å². The van der Waals surface area contributed by atoms with Crippen LogP contribution in [-0.2, 0) is 0 Å². The van der Waals surface area contributed by atoms with Crippen molar-refractivity contribution < 1.29 is 13.9 Å². The smallest absolute Gasteiger partial charge is 0.231 e. The summed E-state index contributed by atoms with van der Waals surface area (Å²) in [5, 5.41) is 4.69. The molecular formula is C26H20ClN3O3S. The summed E-state index contributed by atoms with van der Waals surface area (Å²) in [7, 11) is 0. The van der Waals surface area contributed by atoms with Gasteiger partial charge in [-0.15, -0.1) is 0 Å². The molecule has 34 heavy (non-hydrogen) atoms. The first-order valence-corrected chi connectivity index (χ1v) is 11.6. The Morgan fingerprint density at radius 2 is 1.91 bits per heavy atom. The Morgan fingerprint density at radius 3 is 2.76 bits per heavy atom. The van der Waals surface area contributed by atoms with Crippen LogP contribution < -0.4 is 19.7 Å². The monoisotopic (exact) mass is 489 g/mol. The zero-order valence-electron chi connectivity index (χ0n) is 18.2. The zero-order chi connectivity index (χ0) is 23.2. The van der Waals surface area contributed by atoms with Crippen molar-refractivity contribution in [1.29, 1.82) is 0 Å². The number of aryl methyl sites for hydroxylation is 1. The van der Waals surface area contributed by atoms with Gasteiger partial charge in [0.1, 0.15) is 17.6 Å². The highest BCUT2D eigenvalue weighted by atomic mass is 35.5. The van der Waals surface area contributed by atoms with Gasteiger partial charge >= 0.3 is 0 Å². The molecule has 1 saturated heterocycles. The van der Waals surface area contributed by atoms with E-state index in [2.05, 4.69) is 10.3 Å². The van der Waals surface area contributed by atoms with E-state index in [1.54, 1.807) is 6.20 Å². The minimum Gasteiger partial charge on any atom is -0.459 e. The third-order valence-corrected chi connectivity index (χ3v) is 6.67. The highest BCUT2D eigenvalue weighted by molar-refractivity contribution is 7.80. The summed E-state index contributed by atoms with van der Waals surface area (Å²) in [6.45, 7) is 2.25. The summed E-state index contributed by atoms with van der Waals surface area (Å²) in [4.78, 5) is 6.64. The second kappa shape index (κ2) is 8.34. The summed E-state index contributed by atoms with van der Waals surface area (Å²) in [6.07, 6.45) is 1.78. The Bertz CT molecular complexity index is 1390. The number of halogens is 1. The maximum Gasteiger partial charge on any atom is 0.231 e. The molecule has 1 fully saturated rings. The molecular weight excluding hydrogens is 470 g/mol. The Labute approximate surface area is 207 Å². The fourth-order valence-corrected chi connectivity index (χ4v) is 4.99. The number of nitrogens with zero attached hydrogens (tertiary/aromatic N) is 2. The van der Waals surface area contributed by atoms with Crippen molar-refractivity contribution in [1.82, 2.24) is 10.3 Å². The summed E-state index contributed by atoms with van der Waals surface area (Å²) in [5.74, 6) is 2.92. The number of furan rings is 1. The molecule has 0 amide bonds. The van der Waals surface area contributed by atoms with Gasteiger partial charge in [0.15, 0.2) is 16.6 Å².